The molecule has 8 nitrogen and oxygen atoms in total. The van der Waals surface area contributed by atoms with Crippen LogP contribution in [0.2, 0.25) is 0 Å². The highest BCUT2D eigenvalue weighted by Gasteiger charge is 2.27. The van der Waals surface area contributed by atoms with Crippen LogP contribution in [0.1, 0.15) is 52.5 Å². The molecule has 0 aliphatic carbocycles. The molecule has 9 heteroatoms. The minimum absolute atomic E-state index is 0.0579. The Morgan fingerprint density at radius 3 is 2.38 bits per heavy atom. The molecule has 1 unspecified atom stereocenters. The number of amides is 1. The smallest absolute Gasteiger partial charge is 0.410 e. The predicted molar refractivity (Wildman–Crippen MR) is 130 cm³/mol. The van der Waals surface area contributed by atoms with Gasteiger partial charge in [0, 0.05) is 31.8 Å². The molecule has 1 atom stereocenters. The number of rotatable bonds is 6. The van der Waals surface area contributed by atoms with Crippen LogP contribution in [-0.2, 0) is 25.7 Å². The van der Waals surface area contributed by atoms with Gasteiger partial charge in [-0.25, -0.2) is 13.2 Å². The second kappa shape index (κ2) is 10.7. The van der Waals surface area contributed by atoms with Gasteiger partial charge in [-0.2, -0.15) is 10.2 Å². The fraction of sp³-hybridized carbons (Fsp3) is 0.560. The van der Waals surface area contributed by atoms with Gasteiger partial charge < -0.3 is 14.4 Å². The van der Waals surface area contributed by atoms with Crippen LogP contribution in [0.15, 0.2) is 63.0 Å². The van der Waals surface area contributed by atoms with Crippen molar-refractivity contribution in [3.8, 4) is 0 Å². The maximum atomic E-state index is 12.3. The van der Waals surface area contributed by atoms with Crippen molar-refractivity contribution in [2.75, 3.05) is 19.3 Å². The second-order valence-electron chi connectivity index (χ2n) is 9.73. The van der Waals surface area contributed by atoms with E-state index in [1.165, 1.54) is 6.26 Å². The normalized spacial score (nSPS) is 20.0. The molecule has 0 N–H and O–H groups in total. The van der Waals surface area contributed by atoms with Gasteiger partial charge in [-0.15, -0.1) is 0 Å². The number of allylic oxidation sites excluding steroid dienone is 1. The van der Waals surface area contributed by atoms with Crippen molar-refractivity contribution in [3.05, 3.63) is 53.4 Å². The van der Waals surface area contributed by atoms with Gasteiger partial charge in [-0.05, 0) is 63.3 Å². The number of azo groups is 1. The maximum Gasteiger partial charge on any atom is 0.410 e. The average molecular weight is 490 g/mol. The van der Waals surface area contributed by atoms with E-state index < -0.39 is 15.4 Å². The first-order valence-corrected chi connectivity index (χ1v) is 13.6. The van der Waals surface area contributed by atoms with Gasteiger partial charge in [0.15, 0.2) is 9.84 Å². The summed E-state index contributed by atoms with van der Waals surface area (Å²) in [6.45, 7) is 8.86. The molecule has 1 saturated heterocycles. The third-order valence-corrected chi connectivity index (χ3v) is 6.91. The Morgan fingerprint density at radius 2 is 1.82 bits per heavy atom. The molecule has 34 heavy (non-hydrogen) atoms. The Hall–Kier alpha value is -2.68. The molecule has 1 amide bonds. The number of hydrogen-bond acceptors (Lipinski definition) is 7. The Labute approximate surface area is 202 Å². The molecule has 1 aromatic carbocycles. The summed E-state index contributed by atoms with van der Waals surface area (Å²) in [5, 5.41) is 9.12. The largest absolute Gasteiger partial charge is 0.493 e. The zero-order valence-corrected chi connectivity index (χ0v) is 21.5. The number of ether oxygens (including phenoxy) is 2. The summed E-state index contributed by atoms with van der Waals surface area (Å²) in [4.78, 5) is 14.3. The highest BCUT2D eigenvalue weighted by atomic mass is 32.2. The van der Waals surface area contributed by atoms with Crippen LogP contribution in [0.25, 0.3) is 0 Å². The minimum atomic E-state index is -3.22. The Morgan fingerprint density at radius 1 is 1.18 bits per heavy atom. The summed E-state index contributed by atoms with van der Waals surface area (Å²) in [7, 11) is -3.22. The van der Waals surface area contributed by atoms with Crippen LogP contribution >= 0.6 is 0 Å². The molecule has 0 aromatic heterocycles. The minimum Gasteiger partial charge on any atom is -0.493 e. The highest BCUT2D eigenvalue weighted by molar-refractivity contribution is 7.90. The average Bonchev–Trinajstić information content (AvgIpc) is 2.76. The molecule has 0 radical (unpaired) electrons. The molecular weight excluding hydrogens is 454 g/mol. The molecule has 0 bridgehead atoms. The van der Waals surface area contributed by atoms with Crippen LogP contribution in [0, 0.1) is 0 Å². The van der Waals surface area contributed by atoms with Gasteiger partial charge in [0.25, 0.3) is 0 Å². The number of benzene rings is 1. The monoisotopic (exact) mass is 489 g/mol. The van der Waals surface area contributed by atoms with Gasteiger partial charge in [0.2, 0.25) is 0 Å². The van der Waals surface area contributed by atoms with Gasteiger partial charge in [0.1, 0.15) is 11.7 Å². The number of likely N-dealkylation sites (tertiary alicyclic amines) is 1. The van der Waals surface area contributed by atoms with Crippen molar-refractivity contribution < 1.29 is 22.7 Å². The standard InChI is InChI=1S/C25H35N3O5S/c1-6-21-22(27-26-19-11-14-28(15-12-19)24(29)33-25(2,3)4)13-16-32-23(21)17-18-7-9-20(10-8-18)34(5,30)31/h7-10,13,16,19,23H,6,11-12,14-15,17H2,1-5H3. The summed E-state index contributed by atoms with van der Waals surface area (Å²) in [5.74, 6) is 0. The lowest BCUT2D eigenvalue weighted by Gasteiger charge is -2.31. The van der Waals surface area contributed by atoms with E-state index in [0.717, 1.165) is 36.1 Å². The van der Waals surface area contributed by atoms with E-state index >= 15 is 0 Å². The Bertz CT molecular complexity index is 1060. The first kappa shape index (κ1) is 25.9. The summed E-state index contributed by atoms with van der Waals surface area (Å²) >= 11 is 0. The van der Waals surface area contributed by atoms with Gasteiger partial charge >= 0.3 is 6.09 Å². The van der Waals surface area contributed by atoms with E-state index in [1.807, 2.05) is 39.0 Å². The molecule has 1 fully saturated rings. The second-order valence-corrected chi connectivity index (χ2v) is 11.7. The SMILES string of the molecule is CCC1=C(N=NC2CCN(C(=O)OC(C)(C)C)CC2)C=COC1Cc1ccc(S(C)(=O)=O)cc1. The molecule has 2 aliphatic heterocycles. The van der Waals surface area contributed by atoms with E-state index in [4.69, 9.17) is 9.47 Å². The van der Waals surface area contributed by atoms with Gasteiger partial charge in [-0.1, -0.05) is 19.1 Å². The molecular formula is C25H35N3O5S. The third kappa shape index (κ3) is 7.16. The number of hydrogen-bond donors (Lipinski definition) is 0. The number of carbonyl (C=O) groups is 1. The molecule has 3 rings (SSSR count). The van der Waals surface area contributed by atoms with Gasteiger partial charge in [-0.3, -0.25) is 0 Å². The van der Waals surface area contributed by atoms with Crippen LogP contribution in [0.3, 0.4) is 0 Å². The maximum absolute atomic E-state index is 12.3. The van der Waals surface area contributed by atoms with E-state index in [9.17, 15) is 13.2 Å². The first-order valence-electron chi connectivity index (χ1n) is 11.7. The predicted octanol–water partition coefficient (Wildman–Crippen LogP) is 5.06. The Balaban J connectivity index is 1.62. The van der Waals surface area contributed by atoms with E-state index in [-0.39, 0.29) is 18.2 Å². The lowest BCUT2D eigenvalue weighted by atomic mass is 9.96. The van der Waals surface area contributed by atoms with Crippen LogP contribution in [0.4, 0.5) is 4.79 Å². The topological polar surface area (TPSA) is 97.6 Å². The first-order chi connectivity index (χ1) is 16.0. The molecule has 186 valence electrons. The van der Waals surface area contributed by atoms with E-state index in [1.54, 1.807) is 23.3 Å². The van der Waals surface area contributed by atoms with Crippen molar-refractivity contribution in [2.24, 2.45) is 10.2 Å². The van der Waals surface area contributed by atoms with Crippen molar-refractivity contribution in [1.82, 2.24) is 4.90 Å². The number of nitrogens with zero attached hydrogens (tertiary/aromatic N) is 3. The van der Waals surface area contributed by atoms with Crippen molar-refractivity contribution in [1.29, 1.82) is 0 Å². The van der Waals surface area contributed by atoms with E-state index in [2.05, 4.69) is 17.2 Å². The lowest BCUT2D eigenvalue weighted by Crippen LogP contribution is -2.42. The van der Waals surface area contributed by atoms with Gasteiger partial charge in [0.05, 0.1) is 22.9 Å². The number of sulfone groups is 1. The molecule has 2 aliphatic rings. The van der Waals surface area contributed by atoms with Crippen molar-refractivity contribution >= 4 is 15.9 Å². The fourth-order valence-electron chi connectivity index (χ4n) is 3.95. The fourth-order valence-corrected chi connectivity index (χ4v) is 4.58. The molecule has 1 aromatic rings. The molecule has 0 spiro atoms. The summed E-state index contributed by atoms with van der Waals surface area (Å²) < 4.78 is 34.7. The van der Waals surface area contributed by atoms with E-state index in [0.29, 0.717) is 24.4 Å². The Kier molecular flexibility index (Phi) is 8.17. The highest BCUT2D eigenvalue weighted by Crippen LogP contribution is 2.27. The number of carbonyl (C=O) groups excluding carboxylic acids is 1. The zero-order chi connectivity index (χ0) is 24.9. The van der Waals surface area contributed by atoms with Crippen LogP contribution < -0.4 is 0 Å². The quantitative estimate of drug-likeness (QED) is 0.520. The summed E-state index contributed by atoms with van der Waals surface area (Å²) in [6.07, 6.45) is 7.10. The number of piperidine rings is 1. The van der Waals surface area contributed by atoms with Crippen LogP contribution in [-0.4, -0.2) is 56.5 Å². The molecule has 0 saturated carbocycles. The van der Waals surface area contributed by atoms with Crippen LogP contribution in [0.5, 0.6) is 0 Å². The third-order valence-electron chi connectivity index (χ3n) is 5.78. The molecule has 2 heterocycles. The van der Waals surface area contributed by atoms with Crippen molar-refractivity contribution in [3.63, 3.8) is 0 Å². The lowest BCUT2D eigenvalue weighted by molar-refractivity contribution is 0.0205. The van der Waals surface area contributed by atoms with Crippen molar-refractivity contribution in [2.45, 2.75) is 76.0 Å². The summed E-state index contributed by atoms with van der Waals surface area (Å²) in [5.41, 5.74) is 2.35. The summed E-state index contributed by atoms with van der Waals surface area (Å²) in [6, 6.07) is 6.96. The zero-order valence-electron chi connectivity index (χ0n) is 20.7.